The van der Waals surface area contributed by atoms with Crippen LogP contribution in [-0.4, -0.2) is 23.7 Å². The first-order chi connectivity index (χ1) is 9.10. The molecule has 2 N–H and O–H groups in total. The van der Waals surface area contributed by atoms with Gasteiger partial charge >= 0.3 is 0 Å². The number of hydrogen-bond donors (Lipinski definition) is 2. The van der Waals surface area contributed by atoms with Gasteiger partial charge in [0, 0.05) is 12.6 Å². The van der Waals surface area contributed by atoms with E-state index in [1.54, 1.807) is 0 Å². The van der Waals surface area contributed by atoms with E-state index in [0.717, 1.165) is 25.0 Å². The molecule has 1 atom stereocenters. The lowest BCUT2D eigenvalue weighted by molar-refractivity contribution is -0.121. The topological polar surface area (TPSA) is 49.3 Å². The van der Waals surface area contributed by atoms with E-state index in [1.807, 2.05) is 0 Å². The van der Waals surface area contributed by atoms with Crippen LogP contribution in [0.1, 0.15) is 24.8 Å². The van der Waals surface area contributed by atoms with Gasteiger partial charge < -0.3 is 10.4 Å². The molecule has 1 unspecified atom stereocenters. The Bertz CT molecular complexity index is 461. The zero-order chi connectivity index (χ0) is 13.8. The summed E-state index contributed by atoms with van der Waals surface area (Å²) in [6.45, 7) is 0.0343. The lowest BCUT2D eigenvalue weighted by atomic mass is 10.1. The highest BCUT2D eigenvalue weighted by Gasteiger charge is 2.31. The molecule has 5 heteroatoms. The van der Waals surface area contributed by atoms with Crippen LogP contribution in [0, 0.1) is 17.6 Å². The van der Waals surface area contributed by atoms with E-state index in [9.17, 15) is 13.6 Å². The van der Waals surface area contributed by atoms with Crippen LogP contribution in [-0.2, 0) is 11.2 Å². The van der Waals surface area contributed by atoms with E-state index in [0.29, 0.717) is 17.9 Å². The van der Waals surface area contributed by atoms with E-state index in [-0.39, 0.29) is 25.0 Å². The minimum absolute atomic E-state index is 0.0113. The number of nitrogens with one attached hydrogen (secondary N) is 1. The van der Waals surface area contributed by atoms with E-state index < -0.39 is 11.6 Å². The van der Waals surface area contributed by atoms with Crippen molar-refractivity contribution in [2.75, 3.05) is 6.61 Å². The molecular weight excluding hydrogens is 252 g/mol. The Morgan fingerprint density at radius 2 is 2.11 bits per heavy atom. The first-order valence-corrected chi connectivity index (χ1v) is 6.44. The van der Waals surface area contributed by atoms with E-state index in [2.05, 4.69) is 5.32 Å². The van der Waals surface area contributed by atoms with Crippen molar-refractivity contribution in [3.8, 4) is 0 Å². The Morgan fingerprint density at radius 1 is 1.37 bits per heavy atom. The summed E-state index contributed by atoms with van der Waals surface area (Å²) in [4.78, 5) is 11.8. The predicted octanol–water partition coefficient (Wildman–Crippen LogP) is 1.78. The van der Waals surface area contributed by atoms with E-state index in [1.165, 1.54) is 6.07 Å². The van der Waals surface area contributed by atoms with Crippen molar-refractivity contribution in [3.63, 3.8) is 0 Å². The molecule has 0 aliphatic heterocycles. The number of halogens is 2. The lowest BCUT2D eigenvalue weighted by Gasteiger charge is -2.17. The molecule has 1 fully saturated rings. The molecule has 1 saturated carbocycles. The summed E-state index contributed by atoms with van der Waals surface area (Å²) < 4.78 is 25.8. The Balaban J connectivity index is 1.90. The summed E-state index contributed by atoms with van der Waals surface area (Å²) in [6.07, 6.45) is 2.69. The molecule has 1 amide bonds. The van der Waals surface area contributed by atoms with Gasteiger partial charge in [0.05, 0.1) is 6.42 Å². The van der Waals surface area contributed by atoms with Crippen LogP contribution in [0.15, 0.2) is 18.2 Å². The Hall–Kier alpha value is -1.49. The summed E-state index contributed by atoms with van der Waals surface area (Å²) in [5.74, 6) is -1.64. The quantitative estimate of drug-likeness (QED) is 0.827. The number of hydrogen-bond acceptors (Lipinski definition) is 2. The summed E-state index contributed by atoms with van der Waals surface area (Å²) in [5.41, 5.74) is 0.440. The van der Waals surface area contributed by atoms with Crippen molar-refractivity contribution in [1.82, 2.24) is 5.32 Å². The van der Waals surface area contributed by atoms with Crippen LogP contribution in [0.5, 0.6) is 0 Å². The van der Waals surface area contributed by atoms with E-state index in [4.69, 9.17) is 5.11 Å². The van der Waals surface area contributed by atoms with Gasteiger partial charge in [-0.25, -0.2) is 8.78 Å². The Labute approximate surface area is 110 Å². The van der Waals surface area contributed by atoms with Crippen LogP contribution in [0.3, 0.4) is 0 Å². The Kier molecular flexibility index (Phi) is 4.47. The highest BCUT2D eigenvalue weighted by atomic mass is 19.2. The monoisotopic (exact) mass is 269 g/mol. The highest BCUT2D eigenvalue weighted by molar-refractivity contribution is 5.78. The van der Waals surface area contributed by atoms with Gasteiger partial charge in [-0.3, -0.25) is 4.79 Å². The molecule has 0 radical (unpaired) electrons. The average molecular weight is 269 g/mol. The van der Waals surface area contributed by atoms with Crippen molar-refractivity contribution in [3.05, 3.63) is 35.4 Å². The summed E-state index contributed by atoms with van der Waals surface area (Å²) in [7, 11) is 0. The lowest BCUT2D eigenvalue weighted by Crippen LogP contribution is -2.38. The molecule has 19 heavy (non-hydrogen) atoms. The fourth-order valence-corrected chi connectivity index (χ4v) is 2.16. The van der Waals surface area contributed by atoms with Gasteiger partial charge in [-0.05, 0) is 42.9 Å². The zero-order valence-corrected chi connectivity index (χ0v) is 10.5. The first kappa shape index (κ1) is 13.9. The third kappa shape index (κ3) is 3.99. The third-order valence-electron chi connectivity index (χ3n) is 3.33. The third-order valence-corrected chi connectivity index (χ3v) is 3.33. The van der Waals surface area contributed by atoms with Crippen LogP contribution in [0.4, 0.5) is 8.78 Å². The second-order valence-electron chi connectivity index (χ2n) is 4.95. The molecule has 1 aromatic rings. The Morgan fingerprint density at radius 3 is 2.68 bits per heavy atom. The SMILES string of the molecule is O=C(Cc1ccc(F)c(F)c1)NC(CCO)C1CC1. The van der Waals surface area contributed by atoms with E-state index >= 15 is 0 Å². The first-order valence-electron chi connectivity index (χ1n) is 6.44. The maximum atomic E-state index is 13.0. The molecular formula is C14H17F2NO2. The van der Waals surface area contributed by atoms with Crippen LogP contribution in [0.2, 0.25) is 0 Å². The van der Waals surface area contributed by atoms with Gasteiger partial charge in [0.1, 0.15) is 0 Å². The summed E-state index contributed by atoms with van der Waals surface area (Å²) >= 11 is 0. The number of carbonyl (C=O) groups excluding carboxylic acids is 1. The number of aliphatic hydroxyl groups excluding tert-OH is 1. The summed E-state index contributed by atoms with van der Waals surface area (Å²) in [6, 6.07) is 3.44. The normalized spacial score (nSPS) is 16.2. The highest BCUT2D eigenvalue weighted by Crippen LogP contribution is 2.33. The molecule has 2 rings (SSSR count). The zero-order valence-electron chi connectivity index (χ0n) is 10.5. The fraction of sp³-hybridized carbons (Fsp3) is 0.500. The molecule has 1 aliphatic rings. The van der Waals surface area contributed by atoms with Crippen LogP contribution in [0.25, 0.3) is 0 Å². The van der Waals surface area contributed by atoms with Crippen LogP contribution < -0.4 is 5.32 Å². The maximum Gasteiger partial charge on any atom is 0.224 e. The van der Waals surface area contributed by atoms with Gasteiger partial charge in [-0.15, -0.1) is 0 Å². The second-order valence-corrected chi connectivity index (χ2v) is 4.95. The number of benzene rings is 1. The predicted molar refractivity (Wildman–Crippen MR) is 66.4 cm³/mol. The maximum absolute atomic E-state index is 13.0. The molecule has 3 nitrogen and oxygen atoms in total. The van der Waals surface area contributed by atoms with Gasteiger partial charge in [0.25, 0.3) is 0 Å². The van der Waals surface area contributed by atoms with Crippen LogP contribution >= 0.6 is 0 Å². The minimum Gasteiger partial charge on any atom is -0.396 e. The van der Waals surface area contributed by atoms with Crippen molar-refractivity contribution >= 4 is 5.91 Å². The van der Waals surface area contributed by atoms with Gasteiger partial charge in [0.15, 0.2) is 11.6 Å². The fourth-order valence-electron chi connectivity index (χ4n) is 2.16. The number of carbonyl (C=O) groups is 1. The standard InChI is InChI=1S/C14H17F2NO2/c15-11-4-1-9(7-12(11)16)8-14(19)17-13(5-6-18)10-2-3-10/h1,4,7,10,13,18H,2-3,5-6,8H2,(H,17,19). The molecule has 104 valence electrons. The average Bonchev–Trinajstić information content (AvgIpc) is 3.17. The number of amides is 1. The van der Waals surface area contributed by atoms with Crippen molar-refractivity contribution in [2.24, 2.45) is 5.92 Å². The second kappa shape index (κ2) is 6.10. The molecule has 1 aliphatic carbocycles. The molecule has 0 aromatic heterocycles. The van der Waals surface area contributed by atoms with Crippen molar-refractivity contribution < 1.29 is 18.7 Å². The number of aliphatic hydroxyl groups is 1. The summed E-state index contributed by atoms with van der Waals surface area (Å²) in [5, 5.41) is 11.8. The minimum atomic E-state index is -0.945. The number of rotatable bonds is 6. The molecule has 1 aromatic carbocycles. The van der Waals surface area contributed by atoms with Gasteiger partial charge in [0.2, 0.25) is 5.91 Å². The van der Waals surface area contributed by atoms with Gasteiger partial charge in [-0.1, -0.05) is 6.07 Å². The molecule has 0 bridgehead atoms. The largest absolute Gasteiger partial charge is 0.396 e. The molecule has 0 spiro atoms. The molecule has 0 heterocycles. The smallest absolute Gasteiger partial charge is 0.224 e. The van der Waals surface area contributed by atoms with Gasteiger partial charge in [-0.2, -0.15) is 0 Å². The molecule has 0 saturated heterocycles. The van der Waals surface area contributed by atoms with Crippen molar-refractivity contribution in [1.29, 1.82) is 0 Å². The van der Waals surface area contributed by atoms with Crippen molar-refractivity contribution in [2.45, 2.75) is 31.7 Å².